The summed E-state index contributed by atoms with van der Waals surface area (Å²) in [4.78, 5) is 39.3. The maximum Gasteiger partial charge on any atom is 0.160 e. The fraction of sp³-hybridized carbons (Fsp3) is 0.375. The average molecular weight is 397 g/mol. The lowest BCUT2D eigenvalue weighted by Gasteiger charge is -2.41. The summed E-state index contributed by atoms with van der Waals surface area (Å²) in [7, 11) is 0. The predicted molar refractivity (Wildman–Crippen MR) is 112 cm³/mol. The van der Waals surface area contributed by atoms with Crippen LogP contribution in [-0.4, -0.2) is 17.3 Å². The molecule has 0 heterocycles. The molecule has 4 heteroatoms. The summed E-state index contributed by atoms with van der Waals surface area (Å²) in [5.74, 6) is -1.86. The summed E-state index contributed by atoms with van der Waals surface area (Å²) in [6.45, 7) is 8.53. The second-order valence-electron chi connectivity index (χ2n) is 8.51. The predicted octanol–water partition coefficient (Wildman–Crippen LogP) is 5.43. The molecule has 1 aliphatic carbocycles. The first-order valence-electron chi connectivity index (χ1n) is 9.54. The Kier molecular flexibility index (Phi) is 5.09. The van der Waals surface area contributed by atoms with Crippen molar-refractivity contribution >= 4 is 29.0 Å². The molecule has 0 atom stereocenters. The molecule has 0 N–H and O–H groups in total. The smallest absolute Gasteiger partial charge is 0.160 e. The Balaban J connectivity index is 2.19. The van der Waals surface area contributed by atoms with Gasteiger partial charge in [-0.05, 0) is 74.6 Å². The van der Waals surface area contributed by atoms with Crippen LogP contribution < -0.4 is 0 Å². The summed E-state index contributed by atoms with van der Waals surface area (Å²) >= 11 is 5.99. The molecule has 28 heavy (non-hydrogen) atoms. The molecule has 3 nitrogen and oxygen atoms in total. The Hall–Kier alpha value is -2.26. The van der Waals surface area contributed by atoms with Gasteiger partial charge in [0.15, 0.2) is 17.3 Å². The van der Waals surface area contributed by atoms with E-state index in [4.69, 9.17) is 11.6 Å². The van der Waals surface area contributed by atoms with Gasteiger partial charge in [-0.3, -0.25) is 14.4 Å². The van der Waals surface area contributed by atoms with Crippen molar-refractivity contribution in [2.45, 2.75) is 47.0 Å². The van der Waals surface area contributed by atoms with Gasteiger partial charge >= 0.3 is 0 Å². The van der Waals surface area contributed by atoms with Gasteiger partial charge in [-0.15, -0.1) is 0 Å². The summed E-state index contributed by atoms with van der Waals surface area (Å²) in [5.41, 5.74) is 1.15. The molecule has 0 unspecified atom stereocenters. The van der Waals surface area contributed by atoms with E-state index in [0.717, 1.165) is 16.7 Å². The lowest BCUT2D eigenvalue weighted by Crippen LogP contribution is -2.56. The molecule has 0 saturated heterocycles. The molecule has 0 bridgehead atoms. The van der Waals surface area contributed by atoms with Crippen LogP contribution in [0.1, 0.15) is 51.7 Å². The summed E-state index contributed by atoms with van der Waals surface area (Å²) in [5, 5.41) is 0.647. The molecule has 146 valence electrons. The van der Waals surface area contributed by atoms with Crippen LogP contribution in [0.15, 0.2) is 42.5 Å². The van der Waals surface area contributed by atoms with Gasteiger partial charge in [0.05, 0.1) is 10.8 Å². The highest BCUT2D eigenvalue weighted by Gasteiger charge is 2.58. The number of rotatable bonds is 3. The van der Waals surface area contributed by atoms with Gasteiger partial charge in [0.25, 0.3) is 0 Å². The van der Waals surface area contributed by atoms with Crippen LogP contribution in [0.3, 0.4) is 0 Å². The van der Waals surface area contributed by atoms with Gasteiger partial charge < -0.3 is 0 Å². The van der Waals surface area contributed by atoms with Crippen LogP contribution in [0, 0.1) is 10.8 Å². The van der Waals surface area contributed by atoms with Gasteiger partial charge in [0, 0.05) is 5.02 Å². The quantitative estimate of drug-likeness (QED) is 0.650. The zero-order valence-electron chi connectivity index (χ0n) is 16.9. The molecule has 1 fully saturated rings. The number of carbonyl (C=O) groups excluding carboxylic acids is 3. The standard InChI is InChI=1S/C24H25ClO3/c1-6-14-7-8-16(15-9-11-17(25)12-10-15)13-18(14)19-20(26)23(2,3)22(28)24(4,5)21(19)27/h7-13,19H,6H2,1-5H3. The Bertz CT molecular complexity index is 938. The molecule has 1 aliphatic rings. The number of Topliss-reactive ketones (excluding diaryl/α,β-unsaturated/α-hetero) is 3. The second-order valence-corrected chi connectivity index (χ2v) is 8.95. The number of ketones is 3. The van der Waals surface area contributed by atoms with E-state index in [1.165, 1.54) is 0 Å². The van der Waals surface area contributed by atoms with E-state index < -0.39 is 16.7 Å². The van der Waals surface area contributed by atoms with Crippen molar-refractivity contribution in [3.63, 3.8) is 0 Å². The lowest BCUT2D eigenvalue weighted by molar-refractivity contribution is -0.157. The minimum atomic E-state index is -1.19. The van der Waals surface area contributed by atoms with Crippen LogP contribution in [0.4, 0.5) is 0 Å². The highest BCUT2D eigenvalue weighted by atomic mass is 35.5. The van der Waals surface area contributed by atoms with Gasteiger partial charge in [0.2, 0.25) is 0 Å². The van der Waals surface area contributed by atoms with Crippen molar-refractivity contribution in [2.24, 2.45) is 10.8 Å². The topological polar surface area (TPSA) is 51.2 Å². The zero-order valence-corrected chi connectivity index (χ0v) is 17.7. The van der Waals surface area contributed by atoms with Gasteiger partial charge in [-0.2, -0.15) is 0 Å². The Morgan fingerprint density at radius 1 is 0.821 bits per heavy atom. The third kappa shape index (κ3) is 3.12. The molecule has 3 rings (SSSR count). The van der Waals surface area contributed by atoms with Crippen molar-refractivity contribution in [1.82, 2.24) is 0 Å². The minimum Gasteiger partial charge on any atom is -0.298 e. The summed E-state index contributed by atoms with van der Waals surface area (Å²) < 4.78 is 0. The van der Waals surface area contributed by atoms with E-state index in [1.807, 2.05) is 49.4 Å². The molecule has 2 aromatic rings. The molecule has 2 aromatic carbocycles. The summed E-state index contributed by atoms with van der Waals surface area (Å²) in [6, 6.07) is 13.3. The largest absolute Gasteiger partial charge is 0.298 e. The monoisotopic (exact) mass is 396 g/mol. The minimum absolute atomic E-state index is 0.307. The molecular weight excluding hydrogens is 372 g/mol. The fourth-order valence-electron chi connectivity index (χ4n) is 4.14. The highest BCUT2D eigenvalue weighted by molar-refractivity contribution is 6.31. The molecule has 0 spiro atoms. The lowest BCUT2D eigenvalue weighted by atomic mass is 9.57. The fourth-order valence-corrected chi connectivity index (χ4v) is 4.26. The molecule has 0 radical (unpaired) electrons. The number of halogens is 1. The average Bonchev–Trinajstić information content (AvgIpc) is 2.66. The van der Waals surface area contributed by atoms with Crippen LogP contribution in [0.5, 0.6) is 0 Å². The van der Waals surface area contributed by atoms with Crippen molar-refractivity contribution in [1.29, 1.82) is 0 Å². The SMILES string of the molecule is CCc1ccc(-c2ccc(Cl)cc2)cc1C1C(=O)C(C)(C)C(=O)C(C)(C)C1=O. The first-order chi connectivity index (χ1) is 13.0. The zero-order chi connectivity index (χ0) is 20.9. The van der Waals surface area contributed by atoms with E-state index in [-0.39, 0.29) is 17.3 Å². The third-order valence-electron chi connectivity index (χ3n) is 5.91. The van der Waals surface area contributed by atoms with Crippen molar-refractivity contribution in [3.05, 3.63) is 58.6 Å². The second kappa shape index (κ2) is 6.97. The Morgan fingerprint density at radius 3 is 1.82 bits per heavy atom. The van der Waals surface area contributed by atoms with Gasteiger partial charge in [-0.1, -0.05) is 42.8 Å². The van der Waals surface area contributed by atoms with Crippen LogP contribution >= 0.6 is 11.6 Å². The molecule has 0 amide bonds. The van der Waals surface area contributed by atoms with E-state index >= 15 is 0 Å². The maximum atomic E-state index is 13.3. The molecular formula is C24H25ClO3. The highest BCUT2D eigenvalue weighted by Crippen LogP contribution is 2.45. The van der Waals surface area contributed by atoms with Gasteiger partial charge in [0.1, 0.15) is 5.92 Å². The van der Waals surface area contributed by atoms with E-state index in [2.05, 4.69) is 0 Å². The van der Waals surface area contributed by atoms with Crippen molar-refractivity contribution < 1.29 is 14.4 Å². The Labute approximate surface area is 171 Å². The number of benzene rings is 2. The number of hydrogen-bond acceptors (Lipinski definition) is 3. The third-order valence-corrected chi connectivity index (χ3v) is 6.16. The first kappa shape index (κ1) is 20.5. The summed E-state index contributed by atoms with van der Waals surface area (Å²) in [6.07, 6.45) is 0.697. The van der Waals surface area contributed by atoms with Crippen molar-refractivity contribution in [3.8, 4) is 11.1 Å². The number of aryl methyl sites for hydroxylation is 1. The first-order valence-corrected chi connectivity index (χ1v) is 9.92. The van der Waals surface area contributed by atoms with E-state index in [0.29, 0.717) is 17.0 Å². The number of hydrogen-bond donors (Lipinski definition) is 0. The van der Waals surface area contributed by atoms with Gasteiger partial charge in [-0.25, -0.2) is 0 Å². The number of carbonyl (C=O) groups is 3. The van der Waals surface area contributed by atoms with Crippen LogP contribution in [-0.2, 0) is 20.8 Å². The van der Waals surface area contributed by atoms with Crippen LogP contribution in [0.25, 0.3) is 11.1 Å². The van der Waals surface area contributed by atoms with Crippen molar-refractivity contribution in [2.75, 3.05) is 0 Å². The molecule has 0 aliphatic heterocycles. The normalized spacial score (nSPS) is 19.1. The maximum absolute atomic E-state index is 13.3. The van der Waals surface area contributed by atoms with Crippen LogP contribution in [0.2, 0.25) is 5.02 Å². The molecule has 1 saturated carbocycles. The van der Waals surface area contributed by atoms with E-state index in [9.17, 15) is 14.4 Å². The molecule has 0 aromatic heterocycles. The van der Waals surface area contributed by atoms with E-state index in [1.54, 1.807) is 27.7 Å². The Morgan fingerprint density at radius 2 is 1.32 bits per heavy atom.